The second kappa shape index (κ2) is 18.1. The summed E-state index contributed by atoms with van der Waals surface area (Å²) in [5.74, 6) is -4.11. The smallest absolute Gasteiger partial charge is 0.422 e. The van der Waals surface area contributed by atoms with Crippen LogP contribution in [0, 0.1) is 5.82 Å². The minimum Gasteiger partial charge on any atom is -0.480 e. The third-order valence-electron chi connectivity index (χ3n) is 8.57. The molecule has 0 bridgehead atoms. The molecule has 3 amide bonds. The van der Waals surface area contributed by atoms with Gasteiger partial charge in [-0.2, -0.15) is 28.1 Å². The molecular weight excluding hydrogens is 804 g/mol. The topological polar surface area (TPSA) is 206 Å². The molecule has 0 saturated heterocycles. The fraction of sp³-hybridized carbons (Fsp3) is 0.205. The molecule has 0 aliphatic heterocycles. The molecule has 0 radical (unpaired) electrons. The first-order valence-electron chi connectivity index (χ1n) is 17.7. The molecule has 4 aromatic carbocycles. The van der Waals surface area contributed by atoms with Gasteiger partial charge < -0.3 is 41.2 Å². The van der Waals surface area contributed by atoms with E-state index in [2.05, 4.69) is 41.5 Å². The normalized spacial score (nSPS) is 13.3. The van der Waals surface area contributed by atoms with Crippen LogP contribution >= 0.6 is 11.6 Å². The Kier molecular flexibility index (Phi) is 12.7. The Morgan fingerprint density at radius 1 is 0.797 bits per heavy atom. The number of anilines is 4. The minimum absolute atomic E-state index is 0.0464. The van der Waals surface area contributed by atoms with Gasteiger partial charge in [-0.3, -0.25) is 14.4 Å². The van der Waals surface area contributed by atoms with Crippen LogP contribution in [0.5, 0.6) is 17.5 Å². The lowest BCUT2D eigenvalue weighted by molar-refractivity contribution is -0.154. The lowest BCUT2D eigenvalue weighted by Crippen LogP contribution is -2.44. The first-order valence-corrected chi connectivity index (χ1v) is 18.0. The van der Waals surface area contributed by atoms with Crippen molar-refractivity contribution in [3.05, 3.63) is 119 Å². The third kappa shape index (κ3) is 12.0. The van der Waals surface area contributed by atoms with E-state index in [1.807, 2.05) is 12.1 Å². The lowest BCUT2D eigenvalue weighted by atomic mass is 10.1. The van der Waals surface area contributed by atoms with Crippen LogP contribution in [0.4, 0.5) is 40.8 Å². The summed E-state index contributed by atoms with van der Waals surface area (Å²) >= 11 is 6.02. The quantitative estimate of drug-likeness (QED) is 0.0461. The molecule has 6 rings (SSSR count). The maximum atomic E-state index is 13.1. The van der Waals surface area contributed by atoms with Gasteiger partial charge in [-0.25, -0.2) is 9.18 Å². The van der Waals surface area contributed by atoms with Gasteiger partial charge in [0.2, 0.25) is 11.9 Å². The number of carboxylic acids is 1. The van der Waals surface area contributed by atoms with E-state index in [1.54, 1.807) is 12.1 Å². The number of alkyl halides is 3. The Morgan fingerprint density at radius 3 is 2.02 bits per heavy atom. The van der Waals surface area contributed by atoms with Crippen LogP contribution in [0.15, 0.2) is 97.1 Å². The first-order chi connectivity index (χ1) is 28.1. The molecule has 1 heterocycles. The fourth-order valence-corrected chi connectivity index (χ4v) is 5.58. The molecule has 306 valence electrons. The Hall–Kier alpha value is -7.02. The van der Waals surface area contributed by atoms with Gasteiger partial charge in [0.25, 0.3) is 5.91 Å². The molecule has 1 aliphatic carbocycles. The Balaban J connectivity index is 1.01. The molecule has 20 heteroatoms. The van der Waals surface area contributed by atoms with E-state index in [0.717, 1.165) is 5.56 Å². The van der Waals surface area contributed by atoms with Crippen molar-refractivity contribution in [2.45, 2.75) is 37.0 Å². The van der Waals surface area contributed by atoms with E-state index < -0.39 is 59.9 Å². The Morgan fingerprint density at radius 2 is 1.41 bits per heavy atom. The number of carbonyl (C=O) groups excluding carboxylic acids is 3. The van der Waals surface area contributed by atoms with Crippen molar-refractivity contribution < 1.29 is 51.3 Å². The van der Waals surface area contributed by atoms with Gasteiger partial charge in [0.05, 0.1) is 5.54 Å². The highest BCUT2D eigenvalue weighted by Crippen LogP contribution is 2.48. The van der Waals surface area contributed by atoms with Crippen molar-refractivity contribution >= 4 is 58.6 Å². The number of aliphatic carboxylic acids is 1. The molecule has 6 N–H and O–H groups in total. The van der Waals surface area contributed by atoms with E-state index in [9.17, 15) is 41.8 Å². The highest BCUT2D eigenvalue weighted by molar-refractivity contribution is 6.39. The van der Waals surface area contributed by atoms with Crippen LogP contribution in [0.25, 0.3) is 0 Å². The number of halogens is 5. The standard InChI is InChI=1S/C39H33ClF4N8O7/c40-24-5-3-23(4-6-24)38(18-19-38)52-36-49-35(50-37(51-36)58-21-39(42,43)44)47-27-9-1-22(2-10-27)31(53)48-30(34(56)57)17-20-45-32(54)33(55)46-26-11-15-29(16-12-26)59-28-13-7-25(41)8-14-28/h1-16,30H,17-21H2,(H,45,54)(H,46,55)(H,48,53)(H,56,57)(H2,47,49,50,51,52). The average Bonchev–Trinajstić information content (AvgIpc) is 3.98. The van der Waals surface area contributed by atoms with Gasteiger partial charge in [0.15, 0.2) is 6.61 Å². The van der Waals surface area contributed by atoms with Crippen molar-refractivity contribution in [2.75, 3.05) is 29.1 Å². The fourth-order valence-electron chi connectivity index (χ4n) is 5.45. The number of rotatable bonds is 16. The maximum absolute atomic E-state index is 13.1. The second-order valence-corrected chi connectivity index (χ2v) is 13.5. The number of carboxylic acid groups (broad SMARTS) is 1. The summed E-state index contributed by atoms with van der Waals surface area (Å²) in [4.78, 5) is 62.0. The van der Waals surface area contributed by atoms with Crippen LogP contribution < -0.4 is 36.1 Å². The summed E-state index contributed by atoms with van der Waals surface area (Å²) in [5.41, 5.74) is 0.916. The summed E-state index contributed by atoms with van der Waals surface area (Å²) in [7, 11) is 0. The van der Waals surface area contributed by atoms with Gasteiger partial charge in [0, 0.05) is 28.5 Å². The largest absolute Gasteiger partial charge is 0.480 e. The van der Waals surface area contributed by atoms with E-state index in [4.69, 9.17) is 21.1 Å². The number of aromatic nitrogens is 3. The number of nitrogens with one attached hydrogen (secondary N) is 5. The van der Waals surface area contributed by atoms with Crippen molar-refractivity contribution in [3.63, 3.8) is 0 Å². The van der Waals surface area contributed by atoms with Crippen LogP contribution in [0.3, 0.4) is 0 Å². The summed E-state index contributed by atoms with van der Waals surface area (Å²) in [6, 6.07) is 21.9. The van der Waals surface area contributed by atoms with Crippen LogP contribution in [-0.4, -0.2) is 69.1 Å². The van der Waals surface area contributed by atoms with Crippen LogP contribution in [0.1, 0.15) is 35.2 Å². The maximum Gasteiger partial charge on any atom is 0.422 e. The minimum atomic E-state index is -4.66. The zero-order valence-corrected chi connectivity index (χ0v) is 31.2. The lowest BCUT2D eigenvalue weighted by Gasteiger charge is -2.19. The number of hydrogen-bond acceptors (Lipinski definition) is 11. The number of amides is 3. The van der Waals surface area contributed by atoms with Gasteiger partial charge in [-0.1, -0.05) is 23.7 Å². The van der Waals surface area contributed by atoms with E-state index in [-0.39, 0.29) is 36.1 Å². The molecule has 15 nitrogen and oxygen atoms in total. The van der Waals surface area contributed by atoms with Crippen molar-refractivity contribution in [3.8, 4) is 17.5 Å². The van der Waals surface area contributed by atoms with E-state index in [1.165, 1.54) is 72.8 Å². The van der Waals surface area contributed by atoms with Gasteiger partial charge in [-0.15, -0.1) is 0 Å². The van der Waals surface area contributed by atoms with Crippen LogP contribution in [-0.2, 0) is 19.9 Å². The van der Waals surface area contributed by atoms with E-state index in [0.29, 0.717) is 35.1 Å². The number of ether oxygens (including phenoxy) is 2. The van der Waals surface area contributed by atoms with Gasteiger partial charge in [0.1, 0.15) is 23.4 Å². The Labute approximate surface area is 337 Å². The van der Waals surface area contributed by atoms with E-state index >= 15 is 0 Å². The molecule has 5 aromatic rings. The number of carbonyl (C=O) groups is 4. The summed E-state index contributed by atoms with van der Waals surface area (Å²) in [6.45, 7) is -1.93. The molecule has 0 spiro atoms. The predicted molar refractivity (Wildman–Crippen MR) is 205 cm³/mol. The van der Waals surface area contributed by atoms with Gasteiger partial charge in [-0.05, 0) is 110 Å². The van der Waals surface area contributed by atoms with Crippen molar-refractivity contribution in [2.24, 2.45) is 0 Å². The molecule has 1 aromatic heterocycles. The zero-order chi connectivity index (χ0) is 42.2. The molecule has 59 heavy (non-hydrogen) atoms. The summed E-state index contributed by atoms with van der Waals surface area (Å²) < 4.78 is 62.4. The first kappa shape index (κ1) is 41.6. The van der Waals surface area contributed by atoms with Crippen molar-refractivity contribution in [1.82, 2.24) is 25.6 Å². The molecule has 1 atom stereocenters. The molecule has 1 fully saturated rings. The highest BCUT2D eigenvalue weighted by atomic mass is 35.5. The SMILES string of the molecule is O=C(NCCC(NC(=O)c1ccc(Nc2nc(NC3(c4ccc(Cl)cc4)CC3)nc(OCC(F)(F)F)n2)cc1)C(=O)O)C(=O)Nc1ccc(Oc2ccc(F)cc2)cc1. The predicted octanol–water partition coefficient (Wildman–Crippen LogP) is 6.57. The van der Waals surface area contributed by atoms with Crippen LogP contribution in [0.2, 0.25) is 5.02 Å². The monoisotopic (exact) mass is 836 g/mol. The summed E-state index contributed by atoms with van der Waals surface area (Å²) in [5, 5.41) is 23.3. The molecule has 1 saturated carbocycles. The average molecular weight is 837 g/mol. The second-order valence-electron chi connectivity index (χ2n) is 13.0. The zero-order valence-electron chi connectivity index (χ0n) is 30.5. The molecule has 1 unspecified atom stereocenters. The Bertz CT molecular complexity index is 2300. The molecular formula is C39H33ClF4N8O7. The number of benzene rings is 4. The highest BCUT2D eigenvalue weighted by Gasteiger charge is 2.45. The van der Waals surface area contributed by atoms with Gasteiger partial charge >= 0.3 is 30.0 Å². The number of hydrogen-bond donors (Lipinski definition) is 6. The summed E-state index contributed by atoms with van der Waals surface area (Å²) in [6.07, 6.45) is -3.55. The number of nitrogens with zero attached hydrogens (tertiary/aromatic N) is 3. The third-order valence-corrected chi connectivity index (χ3v) is 8.82. The van der Waals surface area contributed by atoms with Crippen molar-refractivity contribution in [1.29, 1.82) is 0 Å². The molecule has 1 aliphatic rings.